The molecule has 2 rings (SSSR count). The maximum atomic E-state index is 10.6. The van der Waals surface area contributed by atoms with Crippen LogP contribution in [-0.4, -0.2) is 5.11 Å². The van der Waals surface area contributed by atoms with E-state index in [4.69, 9.17) is 11.6 Å². The van der Waals surface area contributed by atoms with Crippen molar-refractivity contribution >= 4 is 34.2 Å². The molecule has 0 saturated carbocycles. The van der Waals surface area contributed by atoms with Crippen LogP contribution in [-0.2, 0) is 0 Å². The lowest BCUT2D eigenvalue weighted by Gasteiger charge is -2.18. The second-order valence-corrected chi connectivity index (χ2v) is 6.46. The zero-order valence-electron chi connectivity index (χ0n) is 11.2. The van der Waals surface area contributed by atoms with Gasteiger partial charge in [-0.1, -0.05) is 35.4 Å². The van der Waals surface area contributed by atoms with Crippen LogP contribution in [0, 0.1) is 24.3 Å². The highest BCUT2D eigenvalue weighted by atomic mass is 127. The summed E-state index contributed by atoms with van der Waals surface area (Å²) in [6.45, 7) is 6.14. The number of aryl methyl sites for hydroxylation is 3. The van der Waals surface area contributed by atoms with Crippen LogP contribution in [0.4, 0.5) is 0 Å². The average Bonchev–Trinajstić information content (AvgIpc) is 2.31. The maximum absolute atomic E-state index is 10.6. The molecule has 0 bridgehead atoms. The van der Waals surface area contributed by atoms with E-state index < -0.39 is 6.10 Å². The van der Waals surface area contributed by atoms with Gasteiger partial charge in [-0.25, -0.2) is 0 Å². The first-order valence-electron chi connectivity index (χ1n) is 6.11. The number of aliphatic hydroxyl groups is 1. The van der Waals surface area contributed by atoms with Crippen LogP contribution in [0.2, 0.25) is 5.02 Å². The molecule has 2 aromatic rings. The molecule has 0 fully saturated rings. The SMILES string of the molecule is Cc1cc(C)c(C(O)c2ccc(I)c(Cl)c2)c(C)c1. The molecule has 0 amide bonds. The number of benzene rings is 2. The number of halogens is 2. The fraction of sp³-hybridized carbons (Fsp3) is 0.250. The molecule has 0 radical (unpaired) electrons. The third-order valence-electron chi connectivity index (χ3n) is 3.27. The lowest BCUT2D eigenvalue weighted by atomic mass is 9.92. The third-order valence-corrected chi connectivity index (χ3v) is 4.84. The lowest BCUT2D eigenvalue weighted by molar-refractivity contribution is 0.219. The fourth-order valence-electron chi connectivity index (χ4n) is 2.47. The molecule has 1 nitrogen and oxygen atoms in total. The summed E-state index contributed by atoms with van der Waals surface area (Å²) in [6.07, 6.45) is -0.630. The van der Waals surface area contributed by atoms with E-state index in [1.807, 2.05) is 32.0 Å². The van der Waals surface area contributed by atoms with Crippen molar-refractivity contribution in [2.75, 3.05) is 0 Å². The van der Waals surface area contributed by atoms with Crippen LogP contribution in [0.25, 0.3) is 0 Å². The quantitative estimate of drug-likeness (QED) is 0.724. The van der Waals surface area contributed by atoms with Gasteiger partial charge in [0.15, 0.2) is 0 Å². The summed E-state index contributed by atoms with van der Waals surface area (Å²) in [4.78, 5) is 0. The minimum atomic E-state index is -0.630. The predicted octanol–water partition coefficient (Wildman–Crippen LogP) is 4.95. The zero-order chi connectivity index (χ0) is 14.2. The van der Waals surface area contributed by atoms with Gasteiger partial charge >= 0.3 is 0 Å². The standard InChI is InChI=1S/C16H16ClIO/c1-9-6-10(2)15(11(3)7-9)16(19)12-4-5-14(18)13(17)8-12/h4-8,16,19H,1-3H3. The van der Waals surface area contributed by atoms with Crippen molar-refractivity contribution in [3.8, 4) is 0 Å². The van der Waals surface area contributed by atoms with E-state index in [0.29, 0.717) is 5.02 Å². The molecule has 0 heterocycles. The van der Waals surface area contributed by atoms with Crippen LogP contribution in [0.15, 0.2) is 30.3 Å². The summed E-state index contributed by atoms with van der Waals surface area (Å²) in [7, 11) is 0. The van der Waals surface area contributed by atoms with Crippen molar-refractivity contribution in [2.24, 2.45) is 0 Å². The van der Waals surface area contributed by atoms with E-state index in [1.54, 1.807) is 0 Å². The highest BCUT2D eigenvalue weighted by Gasteiger charge is 2.16. The molecule has 100 valence electrons. The van der Waals surface area contributed by atoms with E-state index in [9.17, 15) is 5.11 Å². The van der Waals surface area contributed by atoms with Gasteiger partial charge in [-0.2, -0.15) is 0 Å². The normalized spacial score (nSPS) is 12.5. The van der Waals surface area contributed by atoms with Crippen molar-refractivity contribution in [1.82, 2.24) is 0 Å². The summed E-state index contributed by atoms with van der Waals surface area (Å²) in [5.41, 5.74) is 5.24. The molecule has 0 aliphatic carbocycles. The van der Waals surface area contributed by atoms with Crippen LogP contribution >= 0.6 is 34.2 Å². The summed E-state index contributed by atoms with van der Waals surface area (Å²) < 4.78 is 0.993. The molecule has 1 N–H and O–H groups in total. The summed E-state index contributed by atoms with van der Waals surface area (Å²) in [6, 6.07) is 9.89. The molecule has 3 heteroatoms. The van der Waals surface area contributed by atoms with E-state index >= 15 is 0 Å². The van der Waals surface area contributed by atoms with Gasteiger partial charge in [-0.3, -0.25) is 0 Å². The summed E-state index contributed by atoms with van der Waals surface area (Å²) in [5, 5.41) is 11.3. The first-order valence-corrected chi connectivity index (χ1v) is 7.56. The molecule has 1 atom stereocenters. The van der Waals surface area contributed by atoms with Gasteiger partial charge in [-0.15, -0.1) is 0 Å². The first-order chi connectivity index (χ1) is 8.90. The van der Waals surface area contributed by atoms with Crippen molar-refractivity contribution in [1.29, 1.82) is 0 Å². The Morgan fingerprint density at radius 2 is 1.63 bits per heavy atom. The largest absolute Gasteiger partial charge is 0.384 e. The lowest BCUT2D eigenvalue weighted by Crippen LogP contribution is -2.05. The van der Waals surface area contributed by atoms with Gasteiger partial charge in [0.25, 0.3) is 0 Å². The number of rotatable bonds is 2. The van der Waals surface area contributed by atoms with E-state index in [2.05, 4.69) is 41.6 Å². The second kappa shape index (κ2) is 5.81. The molecule has 0 aromatic heterocycles. The molecule has 2 aromatic carbocycles. The van der Waals surface area contributed by atoms with Gasteiger partial charge < -0.3 is 5.11 Å². The summed E-state index contributed by atoms with van der Waals surface area (Å²) >= 11 is 8.31. The van der Waals surface area contributed by atoms with E-state index in [0.717, 1.165) is 25.8 Å². The molecule has 19 heavy (non-hydrogen) atoms. The fourth-order valence-corrected chi connectivity index (χ4v) is 3.00. The van der Waals surface area contributed by atoms with Crippen LogP contribution in [0.3, 0.4) is 0 Å². The molecular weight excluding hydrogens is 371 g/mol. The zero-order valence-corrected chi connectivity index (χ0v) is 14.1. The minimum absolute atomic E-state index is 0.630. The van der Waals surface area contributed by atoms with Crippen molar-refractivity contribution in [3.05, 3.63) is 66.7 Å². The number of aliphatic hydroxyl groups excluding tert-OH is 1. The molecule has 0 aliphatic heterocycles. The van der Waals surface area contributed by atoms with Gasteiger partial charge in [-0.05, 0) is 77.7 Å². The second-order valence-electron chi connectivity index (χ2n) is 4.89. The van der Waals surface area contributed by atoms with Gasteiger partial charge in [0.05, 0.1) is 5.02 Å². The van der Waals surface area contributed by atoms with E-state index in [1.165, 1.54) is 5.56 Å². The molecular formula is C16H16ClIO. The Morgan fingerprint density at radius 1 is 1.05 bits per heavy atom. The molecule has 1 unspecified atom stereocenters. The third kappa shape index (κ3) is 3.12. The van der Waals surface area contributed by atoms with Crippen molar-refractivity contribution in [3.63, 3.8) is 0 Å². The van der Waals surface area contributed by atoms with E-state index in [-0.39, 0.29) is 0 Å². The monoisotopic (exact) mass is 386 g/mol. The topological polar surface area (TPSA) is 20.2 Å². The van der Waals surface area contributed by atoms with Gasteiger partial charge in [0.2, 0.25) is 0 Å². The Bertz CT molecular complexity index is 599. The Morgan fingerprint density at radius 3 is 2.16 bits per heavy atom. The molecule has 0 aliphatic rings. The van der Waals surface area contributed by atoms with Crippen molar-refractivity contribution < 1.29 is 5.11 Å². The highest BCUT2D eigenvalue weighted by Crippen LogP contribution is 2.31. The smallest absolute Gasteiger partial charge is 0.105 e. The minimum Gasteiger partial charge on any atom is -0.384 e. The van der Waals surface area contributed by atoms with Crippen LogP contribution in [0.1, 0.15) is 33.9 Å². The Kier molecular flexibility index (Phi) is 4.54. The Hall–Kier alpha value is -0.580. The van der Waals surface area contributed by atoms with Crippen molar-refractivity contribution in [2.45, 2.75) is 26.9 Å². The predicted molar refractivity (Wildman–Crippen MR) is 88.9 cm³/mol. The van der Waals surface area contributed by atoms with Crippen LogP contribution in [0.5, 0.6) is 0 Å². The van der Waals surface area contributed by atoms with Gasteiger partial charge in [0.1, 0.15) is 6.10 Å². The summed E-state index contributed by atoms with van der Waals surface area (Å²) in [5.74, 6) is 0. The Labute approximate surface area is 132 Å². The highest BCUT2D eigenvalue weighted by molar-refractivity contribution is 14.1. The first kappa shape index (κ1) is 14.8. The molecule has 0 saturated heterocycles. The molecule has 0 spiro atoms. The van der Waals surface area contributed by atoms with Gasteiger partial charge in [0, 0.05) is 3.57 Å². The average molecular weight is 387 g/mol. The maximum Gasteiger partial charge on any atom is 0.105 e. The number of hydrogen-bond acceptors (Lipinski definition) is 1. The Balaban J connectivity index is 2.49. The van der Waals surface area contributed by atoms with Crippen LogP contribution < -0.4 is 0 Å². The number of hydrogen-bond donors (Lipinski definition) is 1.